The van der Waals surface area contributed by atoms with Crippen molar-refractivity contribution in [3.63, 3.8) is 0 Å². The summed E-state index contributed by atoms with van der Waals surface area (Å²) in [4.78, 5) is 22.3. The van der Waals surface area contributed by atoms with E-state index in [-0.39, 0.29) is 16.5 Å². The zero-order valence-electron chi connectivity index (χ0n) is 8.24. The number of carboxylic acid groups (broad SMARTS) is 1. The van der Waals surface area contributed by atoms with Crippen molar-refractivity contribution in [2.45, 2.75) is 0 Å². The smallest absolute Gasteiger partial charge is 0.356 e. The summed E-state index contributed by atoms with van der Waals surface area (Å²) in [7, 11) is 0. The Balaban J connectivity index is 2.62. The van der Waals surface area contributed by atoms with Crippen LogP contribution in [0.2, 0.25) is 5.15 Å². The standard InChI is InChI=1S/C9H5ClN4O3/c10-7-3-5(4-11-12-7)14-8(15)2-1-6(13-14)9(16)17/h1-4H,(H,16,17). The predicted octanol–water partition coefficient (Wildman–Crippen LogP) is 0.374. The molecule has 0 atom stereocenters. The van der Waals surface area contributed by atoms with Gasteiger partial charge in [-0.3, -0.25) is 4.79 Å². The fourth-order valence-electron chi connectivity index (χ4n) is 1.16. The second-order valence-electron chi connectivity index (χ2n) is 3.01. The molecular weight excluding hydrogens is 248 g/mol. The van der Waals surface area contributed by atoms with Gasteiger partial charge in [-0.2, -0.15) is 14.9 Å². The van der Waals surface area contributed by atoms with Crippen molar-refractivity contribution >= 4 is 17.6 Å². The Morgan fingerprint density at radius 1 is 1.41 bits per heavy atom. The predicted molar refractivity (Wildman–Crippen MR) is 57.4 cm³/mol. The molecule has 0 bridgehead atoms. The number of hydrogen-bond donors (Lipinski definition) is 1. The molecule has 2 aromatic rings. The van der Waals surface area contributed by atoms with Crippen LogP contribution in [-0.4, -0.2) is 31.1 Å². The third-order valence-electron chi connectivity index (χ3n) is 1.87. The Bertz CT molecular complexity index is 640. The lowest BCUT2D eigenvalue weighted by Crippen LogP contribution is -2.22. The zero-order valence-corrected chi connectivity index (χ0v) is 9.00. The highest BCUT2D eigenvalue weighted by atomic mass is 35.5. The van der Waals surface area contributed by atoms with Crippen molar-refractivity contribution in [1.82, 2.24) is 20.0 Å². The molecule has 2 rings (SSSR count). The molecule has 1 N–H and O–H groups in total. The summed E-state index contributed by atoms with van der Waals surface area (Å²) in [6.07, 6.45) is 1.26. The van der Waals surface area contributed by atoms with Gasteiger partial charge in [0, 0.05) is 12.1 Å². The Morgan fingerprint density at radius 3 is 2.82 bits per heavy atom. The van der Waals surface area contributed by atoms with E-state index in [4.69, 9.17) is 16.7 Å². The van der Waals surface area contributed by atoms with Crippen LogP contribution in [0.5, 0.6) is 0 Å². The fraction of sp³-hybridized carbons (Fsp3) is 0. The van der Waals surface area contributed by atoms with Crippen molar-refractivity contribution < 1.29 is 9.90 Å². The topological polar surface area (TPSA) is 98.0 Å². The molecule has 0 aliphatic heterocycles. The average Bonchev–Trinajstić information content (AvgIpc) is 2.29. The molecule has 0 aliphatic rings. The largest absolute Gasteiger partial charge is 0.476 e. The van der Waals surface area contributed by atoms with Gasteiger partial charge in [0.1, 0.15) is 0 Å². The lowest BCUT2D eigenvalue weighted by Gasteiger charge is -2.03. The highest BCUT2D eigenvalue weighted by Gasteiger charge is 2.09. The average molecular weight is 253 g/mol. The second kappa shape index (κ2) is 4.30. The van der Waals surface area contributed by atoms with Crippen molar-refractivity contribution in [3.05, 3.63) is 45.6 Å². The van der Waals surface area contributed by atoms with Crippen molar-refractivity contribution in [1.29, 1.82) is 0 Å². The summed E-state index contributed by atoms with van der Waals surface area (Å²) in [5.41, 5.74) is -0.491. The second-order valence-corrected chi connectivity index (χ2v) is 3.40. The number of halogens is 1. The van der Waals surface area contributed by atoms with E-state index in [2.05, 4.69) is 15.3 Å². The first-order valence-corrected chi connectivity index (χ1v) is 4.78. The summed E-state index contributed by atoms with van der Waals surface area (Å²) < 4.78 is 0.893. The summed E-state index contributed by atoms with van der Waals surface area (Å²) in [6, 6.07) is 3.58. The van der Waals surface area contributed by atoms with Crippen LogP contribution in [0.4, 0.5) is 0 Å². The first-order chi connectivity index (χ1) is 8.08. The third-order valence-corrected chi connectivity index (χ3v) is 2.06. The lowest BCUT2D eigenvalue weighted by molar-refractivity contribution is 0.0688. The molecular formula is C9H5ClN4O3. The molecule has 0 aliphatic carbocycles. The molecule has 7 nitrogen and oxygen atoms in total. The molecule has 86 valence electrons. The Kier molecular flexibility index (Phi) is 2.84. The van der Waals surface area contributed by atoms with E-state index < -0.39 is 11.5 Å². The molecule has 0 unspecified atom stereocenters. The number of aromatic carboxylic acids is 1. The van der Waals surface area contributed by atoms with Crippen molar-refractivity contribution in [2.75, 3.05) is 0 Å². The quantitative estimate of drug-likeness (QED) is 0.829. The first kappa shape index (κ1) is 11.2. The molecule has 0 aromatic carbocycles. The minimum Gasteiger partial charge on any atom is -0.476 e. The number of hydrogen-bond acceptors (Lipinski definition) is 5. The minimum absolute atomic E-state index is 0.0805. The third kappa shape index (κ3) is 2.28. The van der Waals surface area contributed by atoms with E-state index in [9.17, 15) is 9.59 Å². The minimum atomic E-state index is -1.23. The lowest BCUT2D eigenvalue weighted by atomic mass is 10.4. The van der Waals surface area contributed by atoms with Gasteiger partial charge in [0.15, 0.2) is 10.8 Å². The van der Waals surface area contributed by atoms with E-state index in [0.717, 1.165) is 16.8 Å². The molecule has 0 amide bonds. The van der Waals surface area contributed by atoms with Gasteiger partial charge in [0.25, 0.3) is 5.56 Å². The molecule has 0 saturated heterocycles. The van der Waals surface area contributed by atoms with Crippen LogP contribution >= 0.6 is 11.6 Å². The first-order valence-electron chi connectivity index (χ1n) is 4.40. The Labute approximate surface area is 99.3 Å². The van der Waals surface area contributed by atoms with E-state index in [1.54, 1.807) is 0 Å². The fourth-order valence-corrected chi connectivity index (χ4v) is 1.31. The van der Waals surface area contributed by atoms with Gasteiger partial charge >= 0.3 is 5.97 Å². The van der Waals surface area contributed by atoms with Gasteiger partial charge in [0.2, 0.25) is 0 Å². The number of carbonyl (C=O) groups is 1. The maximum atomic E-state index is 11.5. The van der Waals surface area contributed by atoms with Gasteiger partial charge in [-0.1, -0.05) is 11.6 Å². The van der Waals surface area contributed by atoms with Gasteiger partial charge in [-0.05, 0) is 6.07 Å². The normalized spacial score (nSPS) is 10.2. The van der Waals surface area contributed by atoms with Crippen molar-refractivity contribution in [3.8, 4) is 5.69 Å². The van der Waals surface area contributed by atoms with Crippen molar-refractivity contribution in [2.24, 2.45) is 0 Å². The van der Waals surface area contributed by atoms with Crippen LogP contribution in [0.25, 0.3) is 5.69 Å². The molecule has 0 radical (unpaired) electrons. The van der Waals surface area contributed by atoms with E-state index in [0.29, 0.717) is 0 Å². The van der Waals surface area contributed by atoms with Crippen LogP contribution < -0.4 is 5.56 Å². The number of aromatic nitrogens is 4. The summed E-state index contributed by atoms with van der Waals surface area (Å²) in [5, 5.41) is 19.6. The summed E-state index contributed by atoms with van der Waals surface area (Å²) >= 11 is 5.62. The van der Waals surface area contributed by atoms with Crippen LogP contribution in [0.1, 0.15) is 10.5 Å². The molecule has 0 spiro atoms. The van der Waals surface area contributed by atoms with Crippen LogP contribution in [0.15, 0.2) is 29.2 Å². The van der Waals surface area contributed by atoms with E-state index >= 15 is 0 Å². The van der Waals surface area contributed by atoms with Crippen LogP contribution in [0.3, 0.4) is 0 Å². The molecule has 17 heavy (non-hydrogen) atoms. The summed E-state index contributed by atoms with van der Waals surface area (Å²) in [6.45, 7) is 0. The van der Waals surface area contributed by atoms with Gasteiger partial charge < -0.3 is 5.11 Å². The molecule has 0 fully saturated rings. The number of carboxylic acids is 1. The van der Waals surface area contributed by atoms with E-state index in [1.807, 2.05) is 0 Å². The molecule has 0 saturated carbocycles. The highest BCUT2D eigenvalue weighted by molar-refractivity contribution is 6.29. The van der Waals surface area contributed by atoms with Crippen LogP contribution in [0, 0.1) is 0 Å². The zero-order chi connectivity index (χ0) is 12.4. The van der Waals surface area contributed by atoms with Gasteiger partial charge in [-0.25, -0.2) is 4.79 Å². The molecule has 2 heterocycles. The number of nitrogens with zero attached hydrogens (tertiary/aromatic N) is 4. The van der Waals surface area contributed by atoms with Gasteiger partial charge in [0.05, 0.1) is 11.9 Å². The van der Waals surface area contributed by atoms with Gasteiger partial charge in [-0.15, -0.1) is 5.10 Å². The SMILES string of the molecule is O=C(O)c1ccc(=O)n(-c2cnnc(Cl)c2)n1. The van der Waals surface area contributed by atoms with Crippen LogP contribution in [-0.2, 0) is 0 Å². The maximum Gasteiger partial charge on any atom is 0.356 e. The number of rotatable bonds is 2. The Hall–Kier alpha value is -2.28. The van der Waals surface area contributed by atoms with E-state index in [1.165, 1.54) is 12.3 Å². The Morgan fingerprint density at radius 2 is 2.18 bits per heavy atom. The monoisotopic (exact) mass is 252 g/mol. The highest BCUT2D eigenvalue weighted by Crippen LogP contribution is 2.07. The maximum absolute atomic E-state index is 11.5. The molecule has 2 aromatic heterocycles. The molecule has 8 heteroatoms. The summed E-state index contributed by atoms with van der Waals surface area (Å²) in [5.74, 6) is -1.23.